The SMILES string of the molecule is CCOc1ccc(CNC(=NC)NCCN2CCOCC2)cc1C. The fourth-order valence-electron chi connectivity index (χ4n) is 2.70. The van der Waals surface area contributed by atoms with Crippen LogP contribution in [0.1, 0.15) is 18.1 Å². The van der Waals surface area contributed by atoms with Crippen molar-refractivity contribution in [3.63, 3.8) is 0 Å². The number of aliphatic imine (C=N–C) groups is 1. The number of hydrogen-bond acceptors (Lipinski definition) is 4. The standard InChI is InChI=1S/C18H30N4O2/c1-4-24-17-6-5-16(13-15(17)2)14-21-18(19-3)20-7-8-22-9-11-23-12-10-22/h5-6,13H,4,7-12,14H2,1-3H3,(H2,19,20,21). The van der Waals surface area contributed by atoms with Crippen molar-refractivity contribution in [3.8, 4) is 5.75 Å². The molecule has 0 unspecified atom stereocenters. The third kappa shape index (κ3) is 6.02. The summed E-state index contributed by atoms with van der Waals surface area (Å²) >= 11 is 0. The maximum absolute atomic E-state index is 5.58. The highest BCUT2D eigenvalue weighted by Gasteiger charge is 2.09. The Bertz CT molecular complexity index is 528. The van der Waals surface area contributed by atoms with Crippen molar-refractivity contribution in [1.82, 2.24) is 15.5 Å². The minimum Gasteiger partial charge on any atom is -0.494 e. The second-order valence-electron chi connectivity index (χ2n) is 5.84. The van der Waals surface area contributed by atoms with Gasteiger partial charge in [0.25, 0.3) is 0 Å². The van der Waals surface area contributed by atoms with Crippen LogP contribution in [0.4, 0.5) is 0 Å². The molecule has 0 bridgehead atoms. The number of guanidine groups is 1. The molecule has 2 N–H and O–H groups in total. The molecular weight excluding hydrogens is 304 g/mol. The van der Waals surface area contributed by atoms with E-state index in [2.05, 4.69) is 39.6 Å². The molecule has 6 heteroatoms. The van der Waals surface area contributed by atoms with Gasteiger partial charge in [-0.2, -0.15) is 0 Å². The Morgan fingerprint density at radius 2 is 2.08 bits per heavy atom. The molecule has 6 nitrogen and oxygen atoms in total. The zero-order valence-corrected chi connectivity index (χ0v) is 15.1. The molecule has 1 saturated heterocycles. The fourth-order valence-corrected chi connectivity index (χ4v) is 2.70. The first-order valence-electron chi connectivity index (χ1n) is 8.70. The molecule has 1 aromatic rings. The third-order valence-corrected chi connectivity index (χ3v) is 4.05. The van der Waals surface area contributed by atoms with Crippen LogP contribution in [-0.4, -0.2) is 63.9 Å². The normalized spacial score (nSPS) is 16.0. The van der Waals surface area contributed by atoms with Crippen LogP contribution in [-0.2, 0) is 11.3 Å². The molecule has 1 aromatic carbocycles. The Labute approximate surface area is 145 Å². The van der Waals surface area contributed by atoms with Gasteiger partial charge in [0.2, 0.25) is 0 Å². The van der Waals surface area contributed by atoms with Crippen molar-refractivity contribution in [3.05, 3.63) is 29.3 Å². The lowest BCUT2D eigenvalue weighted by molar-refractivity contribution is 0.0389. The molecule has 1 aliphatic rings. The summed E-state index contributed by atoms with van der Waals surface area (Å²) in [5, 5.41) is 6.72. The number of aryl methyl sites for hydroxylation is 1. The van der Waals surface area contributed by atoms with Crippen LogP contribution < -0.4 is 15.4 Å². The molecule has 134 valence electrons. The first-order valence-corrected chi connectivity index (χ1v) is 8.70. The number of benzene rings is 1. The van der Waals surface area contributed by atoms with E-state index in [-0.39, 0.29) is 0 Å². The Kier molecular flexibility index (Phi) is 7.85. The van der Waals surface area contributed by atoms with E-state index in [1.165, 1.54) is 5.56 Å². The van der Waals surface area contributed by atoms with Crippen LogP contribution in [0, 0.1) is 6.92 Å². The minimum atomic E-state index is 0.693. The van der Waals surface area contributed by atoms with Crippen LogP contribution in [0.3, 0.4) is 0 Å². The Morgan fingerprint density at radius 3 is 2.75 bits per heavy atom. The van der Waals surface area contributed by atoms with E-state index in [4.69, 9.17) is 9.47 Å². The molecule has 1 fully saturated rings. The van der Waals surface area contributed by atoms with E-state index >= 15 is 0 Å². The summed E-state index contributed by atoms with van der Waals surface area (Å²) in [6.07, 6.45) is 0. The van der Waals surface area contributed by atoms with Crippen molar-refractivity contribution in [2.45, 2.75) is 20.4 Å². The van der Waals surface area contributed by atoms with Gasteiger partial charge in [-0.1, -0.05) is 12.1 Å². The molecule has 0 aromatic heterocycles. The molecule has 1 heterocycles. The number of morpholine rings is 1. The van der Waals surface area contributed by atoms with Crippen LogP contribution in [0.2, 0.25) is 0 Å². The van der Waals surface area contributed by atoms with Crippen molar-refractivity contribution in [1.29, 1.82) is 0 Å². The predicted molar refractivity (Wildman–Crippen MR) is 97.8 cm³/mol. The van der Waals surface area contributed by atoms with Gasteiger partial charge in [-0.25, -0.2) is 0 Å². The highest BCUT2D eigenvalue weighted by atomic mass is 16.5. The highest BCUT2D eigenvalue weighted by molar-refractivity contribution is 5.79. The van der Waals surface area contributed by atoms with E-state index in [1.54, 1.807) is 7.05 Å². The molecule has 0 amide bonds. The number of ether oxygens (including phenoxy) is 2. The minimum absolute atomic E-state index is 0.693. The zero-order valence-electron chi connectivity index (χ0n) is 15.1. The number of nitrogens with one attached hydrogen (secondary N) is 2. The van der Waals surface area contributed by atoms with E-state index < -0.39 is 0 Å². The quantitative estimate of drug-likeness (QED) is 0.583. The lowest BCUT2D eigenvalue weighted by atomic mass is 10.1. The van der Waals surface area contributed by atoms with Gasteiger partial charge in [0.1, 0.15) is 5.75 Å². The maximum atomic E-state index is 5.58. The van der Waals surface area contributed by atoms with Crippen molar-refractivity contribution >= 4 is 5.96 Å². The molecule has 0 saturated carbocycles. The number of hydrogen-bond donors (Lipinski definition) is 2. The van der Waals surface area contributed by atoms with E-state index in [0.29, 0.717) is 6.61 Å². The molecule has 24 heavy (non-hydrogen) atoms. The molecule has 2 rings (SSSR count). The second kappa shape index (κ2) is 10.2. The third-order valence-electron chi connectivity index (χ3n) is 4.05. The molecule has 1 aliphatic heterocycles. The van der Waals surface area contributed by atoms with Crippen molar-refractivity contribution < 1.29 is 9.47 Å². The van der Waals surface area contributed by atoms with Gasteiger partial charge in [0.05, 0.1) is 19.8 Å². The molecule has 0 aliphatic carbocycles. The Morgan fingerprint density at radius 1 is 1.29 bits per heavy atom. The van der Waals surface area contributed by atoms with Crippen LogP contribution in [0.5, 0.6) is 5.75 Å². The largest absolute Gasteiger partial charge is 0.494 e. The topological polar surface area (TPSA) is 58.1 Å². The van der Waals surface area contributed by atoms with Crippen LogP contribution in [0.15, 0.2) is 23.2 Å². The summed E-state index contributed by atoms with van der Waals surface area (Å²) in [5.74, 6) is 1.78. The first kappa shape index (κ1) is 18.5. The molecule has 0 atom stereocenters. The number of nitrogens with zero attached hydrogens (tertiary/aromatic N) is 2. The van der Waals surface area contributed by atoms with Crippen LogP contribution >= 0.6 is 0 Å². The lowest BCUT2D eigenvalue weighted by Gasteiger charge is -2.26. The summed E-state index contributed by atoms with van der Waals surface area (Å²) in [4.78, 5) is 6.68. The van der Waals surface area contributed by atoms with Gasteiger partial charge in [-0.15, -0.1) is 0 Å². The maximum Gasteiger partial charge on any atom is 0.191 e. The summed E-state index contributed by atoms with van der Waals surface area (Å²) in [6.45, 7) is 11.1. The Balaban J connectivity index is 1.73. The lowest BCUT2D eigenvalue weighted by Crippen LogP contribution is -2.44. The van der Waals surface area contributed by atoms with Gasteiger partial charge < -0.3 is 20.1 Å². The second-order valence-corrected chi connectivity index (χ2v) is 5.84. The average molecular weight is 334 g/mol. The van der Waals surface area contributed by atoms with Crippen molar-refractivity contribution in [2.75, 3.05) is 53.0 Å². The summed E-state index contributed by atoms with van der Waals surface area (Å²) in [7, 11) is 1.80. The summed E-state index contributed by atoms with van der Waals surface area (Å²) in [6, 6.07) is 6.27. The van der Waals surface area contributed by atoms with Crippen molar-refractivity contribution in [2.24, 2.45) is 4.99 Å². The van der Waals surface area contributed by atoms with Gasteiger partial charge in [0, 0.05) is 39.8 Å². The molecule has 0 radical (unpaired) electrons. The van der Waals surface area contributed by atoms with Gasteiger partial charge >= 0.3 is 0 Å². The predicted octanol–water partition coefficient (Wildman–Crippen LogP) is 1.39. The van der Waals surface area contributed by atoms with Gasteiger partial charge in [0.15, 0.2) is 5.96 Å². The van der Waals surface area contributed by atoms with E-state index in [0.717, 1.165) is 63.2 Å². The molecular formula is C18H30N4O2. The van der Waals surface area contributed by atoms with Gasteiger partial charge in [-0.05, 0) is 31.0 Å². The highest BCUT2D eigenvalue weighted by Crippen LogP contribution is 2.18. The summed E-state index contributed by atoms with van der Waals surface area (Å²) in [5.41, 5.74) is 2.37. The Hall–Kier alpha value is -1.79. The average Bonchev–Trinajstić information content (AvgIpc) is 2.61. The van der Waals surface area contributed by atoms with Crippen LogP contribution in [0.25, 0.3) is 0 Å². The smallest absolute Gasteiger partial charge is 0.191 e. The molecule has 0 spiro atoms. The summed E-state index contributed by atoms with van der Waals surface area (Å²) < 4.78 is 10.9. The first-order chi connectivity index (χ1) is 11.7. The number of rotatable bonds is 7. The van der Waals surface area contributed by atoms with Gasteiger partial charge in [-0.3, -0.25) is 9.89 Å². The fraction of sp³-hybridized carbons (Fsp3) is 0.611. The monoisotopic (exact) mass is 334 g/mol. The zero-order chi connectivity index (χ0) is 17.2. The van der Waals surface area contributed by atoms with E-state index in [9.17, 15) is 0 Å². The van der Waals surface area contributed by atoms with E-state index in [1.807, 2.05) is 13.0 Å².